The lowest BCUT2D eigenvalue weighted by Crippen LogP contribution is -2.55. The number of hydrogen-bond donors (Lipinski definition) is 1. The lowest BCUT2D eigenvalue weighted by molar-refractivity contribution is -0.141. The van der Waals surface area contributed by atoms with Crippen LogP contribution in [0.5, 0.6) is 0 Å². The Kier molecular flexibility index (Phi) is 10.5. The highest BCUT2D eigenvalue weighted by molar-refractivity contribution is 7.92. The van der Waals surface area contributed by atoms with Crippen molar-refractivity contribution in [3.05, 3.63) is 93.5 Å². The molecule has 0 aliphatic heterocycles. The highest BCUT2D eigenvalue weighted by Crippen LogP contribution is 2.29. The van der Waals surface area contributed by atoms with Crippen molar-refractivity contribution in [1.82, 2.24) is 10.2 Å². The van der Waals surface area contributed by atoms with Crippen molar-refractivity contribution in [2.45, 2.75) is 71.0 Å². The first-order valence-corrected chi connectivity index (χ1v) is 15.5. The van der Waals surface area contributed by atoms with Gasteiger partial charge in [-0.1, -0.05) is 72.1 Å². The zero-order chi connectivity index (χ0) is 30.5. The van der Waals surface area contributed by atoms with E-state index in [1.165, 1.54) is 17.0 Å². The van der Waals surface area contributed by atoms with E-state index < -0.39 is 34.1 Å². The van der Waals surface area contributed by atoms with E-state index in [1.807, 2.05) is 33.8 Å². The van der Waals surface area contributed by atoms with Gasteiger partial charge in [-0.3, -0.25) is 13.9 Å². The Balaban J connectivity index is 2.12. The molecule has 1 atom stereocenters. The summed E-state index contributed by atoms with van der Waals surface area (Å²) < 4.78 is 29.1. The van der Waals surface area contributed by atoms with Gasteiger partial charge in [-0.15, -0.1) is 0 Å². The quantitative estimate of drug-likeness (QED) is 0.280. The summed E-state index contributed by atoms with van der Waals surface area (Å²) in [5, 5.41) is 3.72. The fourth-order valence-electron chi connectivity index (χ4n) is 4.52. The second kappa shape index (κ2) is 13.3. The summed E-state index contributed by atoms with van der Waals surface area (Å²) in [5.41, 5.74) is 2.07. The number of anilines is 1. The average Bonchev–Trinajstić information content (AvgIpc) is 2.88. The predicted molar refractivity (Wildman–Crippen MR) is 166 cm³/mol. The monoisotopic (exact) mass is 617 g/mol. The van der Waals surface area contributed by atoms with Crippen LogP contribution in [0.2, 0.25) is 10.0 Å². The second-order valence-electron chi connectivity index (χ2n) is 11.0. The first kappa shape index (κ1) is 32.4. The molecule has 0 aliphatic carbocycles. The third kappa shape index (κ3) is 8.24. The summed E-state index contributed by atoms with van der Waals surface area (Å²) in [5.74, 6) is -0.895. The molecule has 0 unspecified atom stereocenters. The lowest BCUT2D eigenvalue weighted by Gasteiger charge is -2.35. The van der Waals surface area contributed by atoms with Gasteiger partial charge < -0.3 is 10.2 Å². The van der Waals surface area contributed by atoms with Crippen LogP contribution in [-0.4, -0.2) is 43.3 Å². The molecule has 0 aromatic heterocycles. The predicted octanol–water partition coefficient (Wildman–Crippen LogP) is 6.53. The number of nitrogens with one attached hydrogen (secondary N) is 1. The van der Waals surface area contributed by atoms with Gasteiger partial charge in [0.15, 0.2) is 0 Å². The maximum atomic E-state index is 14.2. The lowest BCUT2D eigenvalue weighted by atomic mass is 10.1. The molecule has 0 heterocycles. The molecule has 3 rings (SSSR count). The van der Waals surface area contributed by atoms with Gasteiger partial charge in [0.2, 0.25) is 11.8 Å². The second-order valence-corrected chi connectivity index (χ2v) is 13.7. The van der Waals surface area contributed by atoms with Crippen LogP contribution in [0.4, 0.5) is 5.69 Å². The van der Waals surface area contributed by atoms with Crippen LogP contribution < -0.4 is 9.62 Å². The number of carbonyl (C=O) groups excluding carboxylic acids is 2. The van der Waals surface area contributed by atoms with E-state index in [4.69, 9.17) is 23.2 Å². The number of hydrogen-bond acceptors (Lipinski definition) is 4. The van der Waals surface area contributed by atoms with Crippen LogP contribution in [0.3, 0.4) is 0 Å². The first-order valence-electron chi connectivity index (χ1n) is 13.3. The molecular weight excluding hydrogens is 581 g/mol. The van der Waals surface area contributed by atoms with Crippen molar-refractivity contribution in [3.8, 4) is 0 Å². The Morgan fingerprint density at radius 2 is 1.61 bits per heavy atom. The van der Waals surface area contributed by atoms with E-state index in [-0.39, 0.29) is 17.3 Å². The molecule has 0 bridgehead atoms. The van der Waals surface area contributed by atoms with E-state index in [0.29, 0.717) is 33.3 Å². The molecule has 1 N–H and O–H groups in total. The molecule has 3 aromatic carbocycles. The van der Waals surface area contributed by atoms with E-state index >= 15 is 0 Å². The van der Waals surface area contributed by atoms with Gasteiger partial charge in [0.1, 0.15) is 12.6 Å². The summed E-state index contributed by atoms with van der Waals surface area (Å²) in [6, 6.07) is 17.4. The summed E-state index contributed by atoms with van der Waals surface area (Å²) in [7, 11) is -4.14. The van der Waals surface area contributed by atoms with Gasteiger partial charge >= 0.3 is 0 Å². The molecule has 0 fully saturated rings. The Hall–Kier alpha value is -3.07. The molecule has 3 aromatic rings. The van der Waals surface area contributed by atoms with Crippen molar-refractivity contribution in [2.24, 2.45) is 0 Å². The van der Waals surface area contributed by atoms with Crippen LogP contribution in [0.15, 0.2) is 71.6 Å². The fraction of sp³-hybridized carbons (Fsp3) is 0.355. The molecule has 0 spiro atoms. The van der Waals surface area contributed by atoms with Gasteiger partial charge in [0.05, 0.1) is 10.6 Å². The summed E-state index contributed by atoms with van der Waals surface area (Å²) in [4.78, 5) is 29.1. The Morgan fingerprint density at radius 3 is 2.17 bits per heavy atom. The third-order valence-corrected chi connectivity index (χ3v) is 8.83. The number of carbonyl (C=O) groups is 2. The first-order chi connectivity index (χ1) is 19.1. The fourth-order valence-corrected chi connectivity index (χ4v) is 6.49. The van der Waals surface area contributed by atoms with Gasteiger partial charge in [0.25, 0.3) is 10.0 Å². The number of aryl methyl sites for hydroxylation is 2. The molecule has 0 radical (unpaired) electrons. The highest BCUT2D eigenvalue weighted by Gasteiger charge is 2.35. The zero-order valence-corrected chi connectivity index (χ0v) is 26.6. The van der Waals surface area contributed by atoms with Gasteiger partial charge in [0, 0.05) is 22.1 Å². The molecule has 7 nitrogen and oxygen atoms in total. The van der Waals surface area contributed by atoms with Crippen molar-refractivity contribution in [1.29, 1.82) is 0 Å². The largest absolute Gasteiger partial charge is 0.350 e. The SMILES string of the molecule is CC[C@@H](C(=O)NC(C)(C)C)N(Cc1ccc(Cl)cc1Cl)C(=O)CN(c1ccc(C)cc1C)S(=O)(=O)c1ccccc1. The number of nitrogens with zero attached hydrogens (tertiary/aromatic N) is 2. The minimum Gasteiger partial charge on any atom is -0.350 e. The van der Waals surface area contributed by atoms with Gasteiger partial charge in [-0.2, -0.15) is 0 Å². The summed E-state index contributed by atoms with van der Waals surface area (Å²) in [6.07, 6.45) is 0.299. The van der Waals surface area contributed by atoms with E-state index in [2.05, 4.69) is 5.32 Å². The van der Waals surface area contributed by atoms with Crippen molar-refractivity contribution >= 4 is 50.7 Å². The number of benzene rings is 3. The minimum atomic E-state index is -4.14. The van der Waals surface area contributed by atoms with E-state index in [1.54, 1.807) is 62.4 Å². The number of halogens is 2. The van der Waals surface area contributed by atoms with Crippen LogP contribution in [0.25, 0.3) is 0 Å². The van der Waals surface area contributed by atoms with Gasteiger partial charge in [-0.25, -0.2) is 8.42 Å². The molecule has 220 valence electrons. The van der Waals surface area contributed by atoms with E-state index in [0.717, 1.165) is 9.87 Å². The van der Waals surface area contributed by atoms with E-state index in [9.17, 15) is 18.0 Å². The number of rotatable bonds is 10. The highest BCUT2D eigenvalue weighted by atomic mass is 35.5. The Morgan fingerprint density at radius 1 is 0.951 bits per heavy atom. The molecule has 10 heteroatoms. The normalized spacial score (nSPS) is 12.5. The smallest absolute Gasteiger partial charge is 0.264 e. The molecule has 0 aliphatic rings. The average molecular weight is 619 g/mol. The minimum absolute atomic E-state index is 0.0169. The van der Waals surface area contributed by atoms with Crippen LogP contribution in [-0.2, 0) is 26.2 Å². The van der Waals surface area contributed by atoms with Crippen molar-refractivity contribution < 1.29 is 18.0 Å². The number of sulfonamides is 1. The third-order valence-electron chi connectivity index (χ3n) is 6.47. The molecule has 41 heavy (non-hydrogen) atoms. The topological polar surface area (TPSA) is 86.8 Å². The molecule has 0 saturated carbocycles. The molecule has 2 amide bonds. The molecule has 0 saturated heterocycles. The van der Waals surface area contributed by atoms with Crippen LogP contribution >= 0.6 is 23.2 Å². The molecular formula is C31H37Cl2N3O4S. The van der Waals surface area contributed by atoms with Crippen LogP contribution in [0, 0.1) is 13.8 Å². The summed E-state index contributed by atoms with van der Waals surface area (Å²) >= 11 is 12.6. The van der Waals surface area contributed by atoms with Crippen LogP contribution in [0.1, 0.15) is 50.8 Å². The number of amides is 2. The Bertz CT molecular complexity index is 1510. The standard InChI is InChI=1S/C31H37Cl2N3O4S/c1-7-27(30(38)34-31(4,5)6)35(19-23-14-15-24(32)18-26(23)33)29(37)20-36(28-16-13-21(2)17-22(28)3)41(39,40)25-11-9-8-10-12-25/h8-18,27H,7,19-20H2,1-6H3,(H,34,38)/t27-/m0/s1. The summed E-state index contributed by atoms with van der Waals surface area (Å²) in [6.45, 7) is 10.5. The Labute approximate surface area is 253 Å². The maximum Gasteiger partial charge on any atom is 0.264 e. The van der Waals surface area contributed by atoms with Crippen molar-refractivity contribution in [2.75, 3.05) is 10.8 Å². The maximum absolute atomic E-state index is 14.2. The van der Waals surface area contributed by atoms with Gasteiger partial charge in [-0.05, 0) is 82.5 Å². The van der Waals surface area contributed by atoms with Crippen molar-refractivity contribution in [3.63, 3.8) is 0 Å². The zero-order valence-electron chi connectivity index (χ0n) is 24.2.